The minimum Gasteiger partial charge on any atom is -0.383 e. The molecule has 2 rings (SSSR count). The second-order valence-electron chi connectivity index (χ2n) is 9.51. The van der Waals surface area contributed by atoms with E-state index < -0.39 is 0 Å². The molecule has 36 heavy (non-hydrogen) atoms. The highest BCUT2D eigenvalue weighted by Gasteiger charge is 2.16. The Labute approximate surface area is 217 Å². The summed E-state index contributed by atoms with van der Waals surface area (Å²) in [5.41, 5.74) is 10.6. The minimum atomic E-state index is 0.248. The van der Waals surface area contributed by atoms with Gasteiger partial charge in [-0.1, -0.05) is 39.3 Å². The molecule has 1 aromatic heterocycles. The number of nitrogens with zero attached hydrogens (tertiary/aromatic N) is 6. The topological polar surface area (TPSA) is 118 Å². The van der Waals surface area contributed by atoms with Crippen LogP contribution in [0.15, 0.2) is 39.5 Å². The molecule has 0 aromatic carbocycles. The standard InChI is InChI=1S/C27H47N9/c1-7-11-22(28)13-10-14-31-26-18-20(4)24(12-8-2)25(17-21(5)27-33-35-36(6)34-27)30-16-15-29-23(9-3)19-32-26/h8,12,17,20,22,30H,7,9-11,13-16,18-19,28H2,1-6H3,(H,31,32)/b12-8-,21-17+,25-24-,29-23-/t20?,22-/m1/s1. The number of allylic oxidation sites excluding steroid dienone is 5. The van der Waals surface area contributed by atoms with Crippen LogP contribution in [0.5, 0.6) is 0 Å². The van der Waals surface area contributed by atoms with Crippen LogP contribution >= 0.6 is 0 Å². The number of tetrazole rings is 1. The predicted octanol–water partition coefficient (Wildman–Crippen LogP) is 3.82. The molecule has 200 valence electrons. The zero-order valence-electron chi connectivity index (χ0n) is 23.2. The Hall–Kier alpha value is -2.81. The van der Waals surface area contributed by atoms with Crippen molar-refractivity contribution in [3.63, 3.8) is 0 Å². The second-order valence-corrected chi connectivity index (χ2v) is 9.51. The Balaban J connectivity index is 2.32. The SMILES string of the molecule is C\C=C/C1=C(\C=C(/C)c2nnn(C)n2)NCC/N=C(/CC)C/N=C(/NCCC[C@H](N)CCC)CC1C. The molecule has 0 aliphatic carbocycles. The second kappa shape index (κ2) is 16.0. The van der Waals surface area contributed by atoms with Crippen LogP contribution in [-0.2, 0) is 7.05 Å². The molecule has 2 atom stereocenters. The quantitative estimate of drug-likeness (QED) is 0.423. The monoisotopic (exact) mass is 497 g/mol. The summed E-state index contributed by atoms with van der Waals surface area (Å²) in [6, 6.07) is 0.282. The van der Waals surface area contributed by atoms with Crippen molar-refractivity contribution in [2.45, 2.75) is 79.2 Å². The molecule has 9 nitrogen and oxygen atoms in total. The highest BCUT2D eigenvalue weighted by molar-refractivity contribution is 5.90. The van der Waals surface area contributed by atoms with Gasteiger partial charge in [-0.25, -0.2) is 0 Å². The summed E-state index contributed by atoms with van der Waals surface area (Å²) in [5.74, 6) is 1.91. The maximum absolute atomic E-state index is 6.21. The number of amidine groups is 1. The van der Waals surface area contributed by atoms with E-state index in [1.54, 1.807) is 7.05 Å². The van der Waals surface area contributed by atoms with E-state index in [2.05, 4.69) is 72.0 Å². The molecule has 1 unspecified atom stereocenters. The zero-order chi connectivity index (χ0) is 26.3. The van der Waals surface area contributed by atoms with E-state index in [4.69, 9.17) is 15.7 Å². The first-order valence-corrected chi connectivity index (χ1v) is 13.5. The lowest BCUT2D eigenvalue weighted by Crippen LogP contribution is -2.30. The van der Waals surface area contributed by atoms with Crippen molar-refractivity contribution < 1.29 is 0 Å². The maximum atomic E-state index is 6.21. The van der Waals surface area contributed by atoms with Crippen LogP contribution in [-0.4, -0.2) is 64.0 Å². The van der Waals surface area contributed by atoms with Crippen molar-refractivity contribution in [3.8, 4) is 0 Å². The van der Waals surface area contributed by atoms with Gasteiger partial charge in [0.25, 0.3) is 0 Å². The molecule has 0 fully saturated rings. The molecule has 0 spiro atoms. The molecule has 9 heteroatoms. The van der Waals surface area contributed by atoms with Gasteiger partial charge in [0, 0.05) is 37.0 Å². The van der Waals surface area contributed by atoms with Crippen LogP contribution in [0.25, 0.3) is 5.57 Å². The zero-order valence-corrected chi connectivity index (χ0v) is 23.2. The smallest absolute Gasteiger partial charge is 0.200 e. The normalized spacial score (nSPS) is 24.2. The number of nitrogens with two attached hydrogens (primary N) is 1. The summed E-state index contributed by atoms with van der Waals surface area (Å²) >= 11 is 0. The molecule has 0 amide bonds. The van der Waals surface area contributed by atoms with Crippen molar-refractivity contribution >= 4 is 17.1 Å². The van der Waals surface area contributed by atoms with Gasteiger partial charge < -0.3 is 16.4 Å². The molecule has 1 aliphatic heterocycles. The molecular weight excluding hydrogens is 450 g/mol. The summed E-state index contributed by atoms with van der Waals surface area (Å²) in [6.07, 6.45) is 12.4. The highest BCUT2D eigenvalue weighted by atomic mass is 15.6. The van der Waals surface area contributed by atoms with Crippen molar-refractivity contribution in [1.82, 2.24) is 30.8 Å². The number of hydrogen-bond acceptors (Lipinski definition) is 8. The van der Waals surface area contributed by atoms with Crippen LogP contribution in [0.3, 0.4) is 0 Å². The van der Waals surface area contributed by atoms with E-state index in [1.165, 1.54) is 10.4 Å². The fourth-order valence-electron chi connectivity index (χ4n) is 4.23. The molecule has 0 radical (unpaired) electrons. The first-order chi connectivity index (χ1) is 17.4. The average Bonchev–Trinajstić information content (AvgIpc) is 3.29. The lowest BCUT2D eigenvalue weighted by molar-refractivity contribution is 0.535. The summed E-state index contributed by atoms with van der Waals surface area (Å²) < 4.78 is 0. The van der Waals surface area contributed by atoms with Crippen molar-refractivity contribution in [3.05, 3.63) is 35.3 Å². The van der Waals surface area contributed by atoms with Crippen LogP contribution in [0.2, 0.25) is 0 Å². The van der Waals surface area contributed by atoms with Crippen LogP contribution in [0.4, 0.5) is 0 Å². The number of rotatable bonds is 10. The molecule has 4 N–H and O–H groups in total. The third kappa shape index (κ3) is 10.0. The van der Waals surface area contributed by atoms with Crippen LogP contribution in [0.1, 0.15) is 79.0 Å². The lowest BCUT2D eigenvalue weighted by atomic mass is 9.93. The summed E-state index contributed by atoms with van der Waals surface area (Å²) in [6.45, 7) is 13.6. The highest BCUT2D eigenvalue weighted by Crippen LogP contribution is 2.23. The van der Waals surface area contributed by atoms with E-state index in [0.717, 1.165) is 74.4 Å². The average molecular weight is 498 g/mol. The molecule has 2 heterocycles. The predicted molar refractivity (Wildman–Crippen MR) is 151 cm³/mol. The van der Waals surface area contributed by atoms with E-state index in [0.29, 0.717) is 18.9 Å². The van der Waals surface area contributed by atoms with Crippen molar-refractivity contribution in [1.29, 1.82) is 0 Å². The maximum Gasteiger partial charge on any atom is 0.200 e. The summed E-state index contributed by atoms with van der Waals surface area (Å²) in [7, 11) is 1.78. The lowest BCUT2D eigenvalue weighted by Gasteiger charge is -2.21. The van der Waals surface area contributed by atoms with Crippen LogP contribution in [0, 0.1) is 5.92 Å². The fraction of sp³-hybridized carbons (Fsp3) is 0.667. The largest absolute Gasteiger partial charge is 0.383 e. The van der Waals surface area contributed by atoms with Gasteiger partial charge in [0.1, 0.15) is 0 Å². The Bertz CT molecular complexity index is 952. The van der Waals surface area contributed by atoms with E-state index in [-0.39, 0.29) is 12.0 Å². The van der Waals surface area contributed by atoms with E-state index in [9.17, 15) is 0 Å². The van der Waals surface area contributed by atoms with Gasteiger partial charge in [-0.2, -0.15) is 4.80 Å². The summed E-state index contributed by atoms with van der Waals surface area (Å²) in [4.78, 5) is 11.3. The van der Waals surface area contributed by atoms with Gasteiger partial charge in [0.2, 0.25) is 5.82 Å². The van der Waals surface area contributed by atoms with Crippen molar-refractivity contribution in [2.24, 2.45) is 28.7 Å². The number of aromatic nitrogens is 4. The first-order valence-electron chi connectivity index (χ1n) is 13.5. The van der Waals surface area contributed by atoms with Crippen LogP contribution < -0.4 is 16.4 Å². The Morgan fingerprint density at radius 2 is 2.08 bits per heavy atom. The molecule has 1 aromatic rings. The van der Waals surface area contributed by atoms with E-state index >= 15 is 0 Å². The van der Waals surface area contributed by atoms with Gasteiger partial charge in [-0.15, -0.1) is 10.2 Å². The minimum absolute atomic E-state index is 0.248. The van der Waals surface area contributed by atoms with E-state index in [1.807, 2.05) is 6.92 Å². The molecular formula is C27H47N9. The van der Waals surface area contributed by atoms with Gasteiger partial charge in [0.05, 0.1) is 26.0 Å². The number of hydrogen-bond donors (Lipinski definition) is 3. The Morgan fingerprint density at radius 3 is 2.75 bits per heavy atom. The third-order valence-corrected chi connectivity index (χ3v) is 6.27. The Morgan fingerprint density at radius 1 is 1.28 bits per heavy atom. The van der Waals surface area contributed by atoms with Gasteiger partial charge in [0.15, 0.2) is 0 Å². The van der Waals surface area contributed by atoms with Gasteiger partial charge in [-0.05, 0) is 67.9 Å². The Kier molecular flexibility index (Phi) is 13.1. The number of aryl methyl sites for hydroxylation is 1. The molecule has 0 bridgehead atoms. The molecule has 0 saturated heterocycles. The molecule has 0 saturated carbocycles. The van der Waals surface area contributed by atoms with Gasteiger partial charge >= 0.3 is 0 Å². The number of nitrogens with one attached hydrogen (secondary N) is 2. The fourth-order valence-corrected chi connectivity index (χ4v) is 4.23. The molecule has 1 aliphatic rings. The van der Waals surface area contributed by atoms with Crippen molar-refractivity contribution in [2.75, 3.05) is 26.2 Å². The van der Waals surface area contributed by atoms with Gasteiger partial charge in [-0.3, -0.25) is 9.98 Å². The first kappa shape index (κ1) is 29.4. The summed E-state index contributed by atoms with van der Waals surface area (Å²) in [5, 5.41) is 19.8. The third-order valence-electron chi connectivity index (χ3n) is 6.27. The number of aliphatic imine (C=N–C) groups is 2.